The summed E-state index contributed by atoms with van der Waals surface area (Å²) >= 11 is 3.42. The number of hydrogen-bond donors (Lipinski definition) is 1. The fraction of sp³-hybridized carbons (Fsp3) is 0.133. The van der Waals surface area contributed by atoms with Crippen molar-refractivity contribution in [3.8, 4) is 0 Å². The number of aryl methyl sites for hydroxylation is 1. The van der Waals surface area contributed by atoms with E-state index in [2.05, 4.69) is 21.2 Å². The normalized spacial score (nSPS) is 10.3. The summed E-state index contributed by atoms with van der Waals surface area (Å²) in [5.41, 5.74) is 1.93. The van der Waals surface area contributed by atoms with Gasteiger partial charge in [0.05, 0.1) is 0 Å². The molecule has 0 radical (unpaired) electrons. The molecule has 98 valence electrons. The van der Waals surface area contributed by atoms with Gasteiger partial charge in [-0.25, -0.2) is 4.39 Å². The maximum Gasteiger partial charge on any atom is 0.251 e. The van der Waals surface area contributed by atoms with Gasteiger partial charge in [0.25, 0.3) is 5.91 Å². The molecule has 4 heteroatoms. The van der Waals surface area contributed by atoms with Crippen molar-refractivity contribution in [1.82, 2.24) is 5.32 Å². The highest BCUT2D eigenvalue weighted by molar-refractivity contribution is 9.10. The summed E-state index contributed by atoms with van der Waals surface area (Å²) in [5, 5.41) is 2.81. The molecule has 0 aliphatic rings. The van der Waals surface area contributed by atoms with Gasteiger partial charge in [0, 0.05) is 16.6 Å². The number of carbonyl (C=O) groups excluding carboxylic acids is 1. The average Bonchev–Trinajstić information content (AvgIpc) is 2.40. The van der Waals surface area contributed by atoms with E-state index >= 15 is 0 Å². The lowest BCUT2D eigenvalue weighted by Crippen LogP contribution is -2.23. The Morgan fingerprint density at radius 1 is 1.26 bits per heavy atom. The van der Waals surface area contributed by atoms with Crippen molar-refractivity contribution < 1.29 is 9.18 Å². The summed E-state index contributed by atoms with van der Waals surface area (Å²) in [4.78, 5) is 11.9. The van der Waals surface area contributed by atoms with Crippen molar-refractivity contribution in [3.63, 3.8) is 0 Å². The lowest BCUT2D eigenvalue weighted by molar-refractivity contribution is 0.0950. The molecule has 1 N–H and O–H groups in total. The second-order valence-electron chi connectivity index (χ2n) is 4.24. The van der Waals surface area contributed by atoms with Crippen LogP contribution in [0.4, 0.5) is 4.39 Å². The van der Waals surface area contributed by atoms with Gasteiger partial charge in [-0.3, -0.25) is 4.79 Å². The minimum atomic E-state index is -0.303. The Morgan fingerprint density at radius 2 is 2.00 bits per heavy atom. The van der Waals surface area contributed by atoms with E-state index in [4.69, 9.17) is 0 Å². The van der Waals surface area contributed by atoms with E-state index in [1.165, 1.54) is 12.1 Å². The molecule has 0 fully saturated rings. The molecule has 0 spiro atoms. The van der Waals surface area contributed by atoms with Gasteiger partial charge in [-0.1, -0.05) is 34.1 Å². The predicted molar refractivity (Wildman–Crippen MR) is 76.4 cm³/mol. The van der Waals surface area contributed by atoms with Crippen molar-refractivity contribution in [2.24, 2.45) is 0 Å². The summed E-state index contributed by atoms with van der Waals surface area (Å²) in [6.07, 6.45) is 0. The SMILES string of the molecule is Cc1cc(C(=O)NCc2ccccc2Br)ccc1F. The van der Waals surface area contributed by atoms with Crippen molar-refractivity contribution in [1.29, 1.82) is 0 Å². The van der Waals surface area contributed by atoms with E-state index in [1.807, 2.05) is 24.3 Å². The number of benzene rings is 2. The van der Waals surface area contributed by atoms with Crippen molar-refractivity contribution in [2.75, 3.05) is 0 Å². The molecule has 0 aromatic heterocycles. The van der Waals surface area contributed by atoms with Gasteiger partial charge in [0.15, 0.2) is 0 Å². The number of rotatable bonds is 3. The minimum absolute atomic E-state index is 0.209. The summed E-state index contributed by atoms with van der Waals surface area (Å²) in [7, 11) is 0. The Morgan fingerprint density at radius 3 is 2.68 bits per heavy atom. The molecule has 0 heterocycles. The third-order valence-corrected chi connectivity index (χ3v) is 3.59. The van der Waals surface area contributed by atoms with Gasteiger partial charge < -0.3 is 5.32 Å². The first-order valence-corrected chi connectivity index (χ1v) is 6.65. The Kier molecular flexibility index (Phi) is 4.32. The first-order valence-electron chi connectivity index (χ1n) is 5.85. The quantitative estimate of drug-likeness (QED) is 0.914. The summed E-state index contributed by atoms with van der Waals surface area (Å²) in [6.45, 7) is 2.07. The third-order valence-electron chi connectivity index (χ3n) is 2.82. The van der Waals surface area contributed by atoms with E-state index in [-0.39, 0.29) is 11.7 Å². The molecule has 0 atom stereocenters. The van der Waals surface area contributed by atoms with E-state index in [1.54, 1.807) is 13.0 Å². The van der Waals surface area contributed by atoms with Crippen LogP contribution >= 0.6 is 15.9 Å². The predicted octanol–water partition coefficient (Wildman–Crippen LogP) is 3.83. The van der Waals surface area contributed by atoms with Gasteiger partial charge >= 0.3 is 0 Å². The number of nitrogens with one attached hydrogen (secondary N) is 1. The van der Waals surface area contributed by atoms with Crippen LogP contribution in [-0.2, 0) is 6.54 Å². The van der Waals surface area contributed by atoms with Crippen LogP contribution in [0.2, 0.25) is 0 Å². The number of hydrogen-bond acceptors (Lipinski definition) is 1. The molecule has 0 bridgehead atoms. The molecule has 2 nitrogen and oxygen atoms in total. The smallest absolute Gasteiger partial charge is 0.251 e. The molecule has 0 aliphatic carbocycles. The Hall–Kier alpha value is -1.68. The maximum absolute atomic E-state index is 13.1. The molecule has 0 saturated heterocycles. The number of carbonyl (C=O) groups is 1. The molecule has 0 unspecified atom stereocenters. The summed E-state index contributed by atoms with van der Waals surface area (Å²) in [5.74, 6) is -0.513. The van der Waals surface area contributed by atoms with Gasteiger partial charge in [-0.2, -0.15) is 0 Å². The Balaban J connectivity index is 2.05. The Labute approximate surface area is 119 Å². The van der Waals surface area contributed by atoms with Crippen LogP contribution in [-0.4, -0.2) is 5.91 Å². The van der Waals surface area contributed by atoms with Crippen LogP contribution in [0.15, 0.2) is 46.9 Å². The molecule has 19 heavy (non-hydrogen) atoms. The second-order valence-corrected chi connectivity index (χ2v) is 5.09. The number of halogens is 2. The lowest BCUT2D eigenvalue weighted by Gasteiger charge is -2.08. The average molecular weight is 322 g/mol. The highest BCUT2D eigenvalue weighted by Crippen LogP contribution is 2.15. The van der Waals surface area contributed by atoms with Crippen LogP contribution in [0, 0.1) is 12.7 Å². The van der Waals surface area contributed by atoms with Crippen LogP contribution in [0.3, 0.4) is 0 Å². The first-order chi connectivity index (χ1) is 9.08. The maximum atomic E-state index is 13.1. The summed E-state index contributed by atoms with van der Waals surface area (Å²) in [6, 6.07) is 12.0. The molecule has 0 aliphatic heterocycles. The fourth-order valence-electron chi connectivity index (χ4n) is 1.71. The molecule has 2 rings (SSSR count). The standard InChI is InChI=1S/C15H13BrFNO/c1-10-8-11(6-7-14(10)17)15(19)18-9-12-4-2-3-5-13(12)16/h2-8H,9H2,1H3,(H,18,19). The fourth-order valence-corrected chi connectivity index (χ4v) is 2.13. The molecular formula is C15H13BrFNO. The van der Waals surface area contributed by atoms with E-state index in [0.29, 0.717) is 17.7 Å². The highest BCUT2D eigenvalue weighted by Gasteiger charge is 2.08. The zero-order valence-corrected chi connectivity index (χ0v) is 12.0. The van der Waals surface area contributed by atoms with E-state index in [9.17, 15) is 9.18 Å². The van der Waals surface area contributed by atoms with Crippen molar-refractivity contribution in [3.05, 3.63) is 69.4 Å². The monoisotopic (exact) mass is 321 g/mol. The largest absolute Gasteiger partial charge is 0.348 e. The molecular weight excluding hydrogens is 309 g/mol. The van der Waals surface area contributed by atoms with Crippen LogP contribution in [0.25, 0.3) is 0 Å². The third kappa shape index (κ3) is 3.41. The number of amides is 1. The minimum Gasteiger partial charge on any atom is -0.348 e. The lowest BCUT2D eigenvalue weighted by atomic mass is 10.1. The zero-order chi connectivity index (χ0) is 13.8. The molecule has 2 aromatic carbocycles. The Bertz CT molecular complexity index is 613. The van der Waals surface area contributed by atoms with Gasteiger partial charge in [0.1, 0.15) is 5.82 Å². The van der Waals surface area contributed by atoms with Gasteiger partial charge in [0.2, 0.25) is 0 Å². The van der Waals surface area contributed by atoms with Crippen molar-refractivity contribution in [2.45, 2.75) is 13.5 Å². The topological polar surface area (TPSA) is 29.1 Å². The van der Waals surface area contributed by atoms with Crippen molar-refractivity contribution >= 4 is 21.8 Å². The second kappa shape index (κ2) is 5.97. The van der Waals surface area contributed by atoms with Gasteiger partial charge in [-0.05, 0) is 42.3 Å². The zero-order valence-electron chi connectivity index (χ0n) is 10.4. The first kappa shape index (κ1) is 13.7. The van der Waals surface area contributed by atoms with Crippen LogP contribution < -0.4 is 5.32 Å². The molecule has 0 saturated carbocycles. The molecule has 2 aromatic rings. The highest BCUT2D eigenvalue weighted by atomic mass is 79.9. The van der Waals surface area contributed by atoms with E-state index < -0.39 is 0 Å². The van der Waals surface area contributed by atoms with Crippen LogP contribution in [0.5, 0.6) is 0 Å². The molecule has 1 amide bonds. The van der Waals surface area contributed by atoms with Crippen LogP contribution in [0.1, 0.15) is 21.5 Å². The summed E-state index contributed by atoms with van der Waals surface area (Å²) < 4.78 is 14.1. The van der Waals surface area contributed by atoms with E-state index in [0.717, 1.165) is 10.0 Å². The van der Waals surface area contributed by atoms with Gasteiger partial charge in [-0.15, -0.1) is 0 Å².